The molecule has 2 nitrogen and oxygen atoms in total. The van der Waals surface area contributed by atoms with Crippen LogP contribution in [0.1, 0.15) is 30.4 Å². The number of hydrogen-bond donors (Lipinski definition) is 0. The molecule has 2 heterocycles. The molecule has 0 unspecified atom stereocenters. The molecule has 3 aromatic rings. The van der Waals surface area contributed by atoms with Crippen LogP contribution in [0.5, 0.6) is 0 Å². The molecule has 0 aliphatic carbocycles. The van der Waals surface area contributed by atoms with Crippen molar-refractivity contribution in [3.8, 4) is 0 Å². The standard InChI is InChI=1S/C20H19F3N2/c1-11-6-7-14-13(10-11)12(2)15-16(21)17(22)20(18(23)19(15)24-14)25-8-4-3-5-9-25/h6-7,10H,3-5,8-9H2,1-2H3. The van der Waals surface area contributed by atoms with E-state index >= 15 is 4.39 Å². The van der Waals surface area contributed by atoms with E-state index in [2.05, 4.69) is 4.98 Å². The van der Waals surface area contributed by atoms with Gasteiger partial charge in [0.1, 0.15) is 11.2 Å². The number of rotatable bonds is 1. The second-order valence-electron chi connectivity index (χ2n) is 6.82. The Balaban J connectivity index is 2.08. The first-order chi connectivity index (χ1) is 12.0. The normalized spacial score (nSPS) is 15.3. The molecule has 1 fully saturated rings. The molecule has 1 aromatic heterocycles. The highest BCUT2D eigenvalue weighted by molar-refractivity contribution is 5.99. The lowest BCUT2D eigenvalue weighted by Crippen LogP contribution is -2.31. The Morgan fingerprint density at radius 1 is 0.920 bits per heavy atom. The number of benzene rings is 2. The summed E-state index contributed by atoms with van der Waals surface area (Å²) in [4.78, 5) is 5.93. The summed E-state index contributed by atoms with van der Waals surface area (Å²) in [5.41, 5.74) is 1.73. The van der Waals surface area contributed by atoms with Crippen molar-refractivity contribution in [2.45, 2.75) is 33.1 Å². The highest BCUT2D eigenvalue weighted by Crippen LogP contribution is 2.37. The van der Waals surface area contributed by atoms with E-state index in [1.54, 1.807) is 17.9 Å². The molecule has 5 heteroatoms. The molecule has 1 aliphatic rings. The molecule has 2 aromatic carbocycles. The largest absolute Gasteiger partial charge is 0.367 e. The first-order valence-corrected chi connectivity index (χ1v) is 8.61. The molecule has 1 aliphatic heterocycles. The van der Waals surface area contributed by atoms with Crippen LogP contribution in [0.25, 0.3) is 21.8 Å². The first-order valence-electron chi connectivity index (χ1n) is 8.61. The molecule has 0 spiro atoms. The van der Waals surface area contributed by atoms with Crippen LogP contribution in [-0.2, 0) is 0 Å². The van der Waals surface area contributed by atoms with Gasteiger partial charge in [-0.2, -0.15) is 0 Å². The molecule has 0 radical (unpaired) electrons. The van der Waals surface area contributed by atoms with Crippen LogP contribution in [0.3, 0.4) is 0 Å². The second-order valence-corrected chi connectivity index (χ2v) is 6.82. The van der Waals surface area contributed by atoms with Gasteiger partial charge < -0.3 is 4.90 Å². The zero-order valence-electron chi connectivity index (χ0n) is 14.3. The van der Waals surface area contributed by atoms with Crippen LogP contribution in [-0.4, -0.2) is 18.1 Å². The van der Waals surface area contributed by atoms with E-state index in [4.69, 9.17) is 0 Å². The summed E-state index contributed by atoms with van der Waals surface area (Å²) >= 11 is 0. The Morgan fingerprint density at radius 2 is 1.64 bits per heavy atom. The topological polar surface area (TPSA) is 16.1 Å². The summed E-state index contributed by atoms with van der Waals surface area (Å²) in [5, 5.41) is 0.657. The number of aromatic nitrogens is 1. The minimum atomic E-state index is -1.11. The van der Waals surface area contributed by atoms with Crippen LogP contribution in [0.15, 0.2) is 18.2 Å². The van der Waals surface area contributed by atoms with E-state index in [9.17, 15) is 8.78 Å². The molecule has 0 atom stereocenters. The third-order valence-corrected chi connectivity index (χ3v) is 5.11. The van der Waals surface area contributed by atoms with E-state index in [1.165, 1.54) is 0 Å². The molecule has 4 rings (SSSR count). The van der Waals surface area contributed by atoms with Gasteiger partial charge in [0.25, 0.3) is 0 Å². The van der Waals surface area contributed by atoms with Crippen molar-refractivity contribution >= 4 is 27.5 Å². The summed E-state index contributed by atoms with van der Waals surface area (Å²) in [7, 11) is 0. The zero-order chi connectivity index (χ0) is 17.7. The van der Waals surface area contributed by atoms with Crippen LogP contribution >= 0.6 is 0 Å². The summed E-state index contributed by atoms with van der Waals surface area (Å²) in [6.07, 6.45) is 2.72. The lowest BCUT2D eigenvalue weighted by molar-refractivity contribution is 0.489. The summed E-state index contributed by atoms with van der Waals surface area (Å²) in [6.45, 7) is 4.67. The maximum atomic E-state index is 15.2. The predicted molar refractivity (Wildman–Crippen MR) is 94.7 cm³/mol. The van der Waals surface area contributed by atoms with Gasteiger partial charge in [0, 0.05) is 23.9 Å². The van der Waals surface area contributed by atoms with E-state index in [0.717, 1.165) is 30.2 Å². The summed E-state index contributed by atoms with van der Waals surface area (Å²) < 4.78 is 44.8. The smallest absolute Gasteiger partial charge is 0.185 e. The van der Waals surface area contributed by atoms with Crippen molar-refractivity contribution in [3.63, 3.8) is 0 Å². The van der Waals surface area contributed by atoms with Gasteiger partial charge in [-0.1, -0.05) is 11.6 Å². The zero-order valence-corrected chi connectivity index (χ0v) is 14.3. The molecular formula is C20H19F3N2. The number of anilines is 1. The van der Waals surface area contributed by atoms with Crippen molar-refractivity contribution in [2.75, 3.05) is 18.0 Å². The van der Waals surface area contributed by atoms with Gasteiger partial charge in [0.05, 0.1) is 5.52 Å². The fourth-order valence-electron chi connectivity index (χ4n) is 3.78. The Labute approximate surface area is 144 Å². The van der Waals surface area contributed by atoms with Crippen molar-refractivity contribution in [2.24, 2.45) is 0 Å². The highest BCUT2D eigenvalue weighted by Gasteiger charge is 2.27. The maximum absolute atomic E-state index is 15.2. The number of hydrogen-bond acceptors (Lipinski definition) is 2. The number of fused-ring (bicyclic) bond motifs is 2. The lowest BCUT2D eigenvalue weighted by Gasteiger charge is -2.30. The monoisotopic (exact) mass is 344 g/mol. The first kappa shape index (κ1) is 16.2. The molecule has 0 N–H and O–H groups in total. The quantitative estimate of drug-likeness (QED) is 0.433. The van der Waals surface area contributed by atoms with Crippen molar-refractivity contribution in [3.05, 3.63) is 46.8 Å². The molecule has 130 valence electrons. The Bertz CT molecular complexity index is 992. The summed E-state index contributed by atoms with van der Waals surface area (Å²) in [5.74, 6) is -2.88. The third kappa shape index (κ3) is 2.44. The molecule has 25 heavy (non-hydrogen) atoms. The van der Waals surface area contributed by atoms with Crippen LogP contribution in [0, 0.1) is 31.3 Å². The third-order valence-electron chi connectivity index (χ3n) is 5.11. The average Bonchev–Trinajstić information content (AvgIpc) is 2.61. The van der Waals surface area contributed by atoms with E-state index < -0.39 is 17.5 Å². The number of halogens is 3. The number of nitrogens with zero attached hydrogens (tertiary/aromatic N) is 2. The van der Waals surface area contributed by atoms with Gasteiger partial charge in [-0.3, -0.25) is 0 Å². The molecule has 0 saturated carbocycles. The number of aryl methyl sites for hydroxylation is 2. The Morgan fingerprint density at radius 3 is 2.36 bits per heavy atom. The SMILES string of the molecule is Cc1ccc2nc3c(F)c(N4CCCCC4)c(F)c(F)c3c(C)c2c1. The molecule has 0 amide bonds. The molecular weight excluding hydrogens is 325 g/mol. The fraction of sp³-hybridized carbons (Fsp3) is 0.350. The van der Waals surface area contributed by atoms with Crippen molar-refractivity contribution in [1.29, 1.82) is 0 Å². The predicted octanol–water partition coefficient (Wildman–Crippen LogP) is 5.41. The molecule has 0 bridgehead atoms. The summed E-state index contributed by atoms with van der Waals surface area (Å²) in [6, 6.07) is 5.53. The van der Waals surface area contributed by atoms with Crippen LogP contribution in [0.2, 0.25) is 0 Å². The van der Waals surface area contributed by atoms with Gasteiger partial charge in [-0.15, -0.1) is 0 Å². The second kappa shape index (κ2) is 5.90. The lowest BCUT2D eigenvalue weighted by atomic mass is 10.00. The van der Waals surface area contributed by atoms with Gasteiger partial charge in [-0.05, 0) is 50.8 Å². The maximum Gasteiger partial charge on any atom is 0.185 e. The molecule has 1 saturated heterocycles. The number of pyridine rings is 1. The van der Waals surface area contributed by atoms with Gasteiger partial charge in [0.15, 0.2) is 17.5 Å². The van der Waals surface area contributed by atoms with Crippen molar-refractivity contribution in [1.82, 2.24) is 4.98 Å². The van der Waals surface area contributed by atoms with E-state index in [1.807, 2.05) is 19.1 Å². The Hall–Kier alpha value is -2.30. The number of piperidine rings is 1. The van der Waals surface area contributed by atoms with E-state index in [-0.39, 0.29) is 16.6 Å². The minimum Gasteiger partial charge on any atom is -0.367 e. The van der Waals surface area contributed by atoms with Crippen molar-refractivity contribution < 1.29 is 13.2 Å². The van der Waals surface area contributed by atoms with Crippen LogP contribution in [0.4, 0.5) is 18.9 Å². The fourth-order valence-corrected chi connectivity index (χ4v) is 3.78. The van der Waals surface area contributed by atoms with Gasteiger partial charge in [-0.25, -0.2) is 18.2 Å². The van der Waals surface area contributed by atoms with Gasteiger partial charge >= 0.3 is 0 Å². The average molecular weight is 344 g/mol. The van der Waals surface area contributed by atoms with Crippen LogP contribution < -0.4 is 4.90 Å². The highest BCUT2D eigenvalue weighted by atomic mass is 19.2. The Kier molecular flexibility index (Phi) is 3.82. The minimum absolute atomic E-state index is 0.0612. The van der Waals surface area contributed by atoms with E-state index in [0.29, 0.717) is 24.2 Å². The van der Waals surface area contributed by atoms with Gasteiger partial charge in [0.2, 0.25) is 0 Å².